The Hall–Kier alpha value is -1.42. The highest BCUT2D eigenvalue weighted by Crippen LogP contribution is 2.22. The molecule has 0 aromatic heterocycles. The van der Waals surface area contributed by atoms with Crippen LogP contribution >= 0.6 is 11.6 Å². The fourth-order valence-electron chi connectivity index (χ4n) is 2.54. The minimum Gasteiger partial charge on any atom is -0.496 e. The number of urea groups is 1. The Kier molecular flexibility index (Phi) is 5.53. The molecule has 0 atom stereocenters. The van der Waals surface area contributed by atoms with Gasteiger partial charge in [-0.2, -0.15) is 0 Å². The van der Waals surface area contributed by atoms with Gasteiger partial charge in [0, 0.05) is 23.2 Å². The van der Waals surface area contributed by atoms with Gasteiger partial charge in [0.2, 0.25) is 0 Å². The lowest BCUT2D eigenvalue weighted by Crippen LogP contribution is -2.42. The third-order valence-electron chi connectivity index (χ3n) is 3.62. The lowest BCUT2D eigenvalue weighted by atomic mass is 9.96. The van der Waals surface area contributed by atoms with E-state index in [1.54, 1.807) is 25.3 Å². The third kappa shape index (κ3) is 4.30. The van der Waals surface area contributed by atoms with Crippen LogP contribution < -0.4 is 15.4 Å². The van der Waals surface area contributed by atoms with E-state index in [0.29, 0.717) is 17.6 Å². The summed E-state index contributed by atoms with van der Waals surface area (Å²) >= 11 is 5.96. The number of hydrogen-bond donors (Lipinski definition) is 2. The van der Waals surface area contributed by atoms with Crippen LogP contribution in [0.3, 0.4) is 0 Å². The minimum absolute atomic E-state index is 0.126. The summed E-state index contributed by atoms with van der Waals surface area (Å²) in [5, 5.41) is 6.51. The maximum Gasteiger partial charge on any atom is 0.315 e. The smallest absolute Gasteiger partial charge is 0.315 e. The van der Waals surface area contributed by atoms with E-state index in [4.69, 9.17) is 16.3 Å². The van der Waals surface area contributed by atoms with Gasteiger partial charge >= 0.3 is 6.03 Å². The number of benzene rings is 1. The average Bonchev–Trinajstić information content (AvgIpc) is 2.46. The summed E-state index contributed by atoms with van der Waals surface area (Å²) in [7, 11) is 1.61. The monoisotopic (exact) mass is 296 g/mol. The molecule has 2 N–H and O–H groups in total. The Morgan fingerprint density at radius 2 is 2.10 bits per heavy atom. The van der Waals surface area contributed by atoms with Crippen molar-refractivity contribution < 1.29 is 9.53 Å². The van der Waals surface area contributed by atoms with Gasteiger partial charge in [0.1, 0.15) is 5.75 Å². The molecule has 0 heterocycles. The number of nitrogens with one attached hydrogen (secondary N) is 2. The van der Waals surface area contributed by atoms with Gasteiger partial charge in [0.25, 0.3) is 0 Å². The van der Waals surface area contributed by atoms with Crippen LogP contribution in [-0.2, 0) is 6.54 Å². The van der Waals surface area contributed by atoms with Crippen LogP contribution in [0.1, 0.15) is 37.7 Å². The molecule has 2 rings (SSSR count). The molecule has 0 bridgehead atoms. The molecule has 2 amide bonds. The molecule has 5 heteroatoms. The second-order valence-electron chi connectivity index (χ2n) is 5.12. The van der Waals surface area contributed by atoms with E-state index < -0.39 is 0 Å². The topological polar surface area (TPSA) is 50.4 Å². The van der Waals surface area contributed by atoms with E-state index in [1.165, 1.54) is 19.3 Å². The van der Waals surface area contributed by atoms with Crippen LogP contribution in [0.15, 0.2) is 18.2 Å². The predicted octanol–water partition coefficient (Wildman–Crippen LogP) is 3.48. The highest BCUT2D eigenvalue weighted by molar-refractivity contribution is 6.30. The van der Waals surface area contributed by atoms with Gasteiger partial charge in [-0.3, -0.25) is 0 Å². The summed E-state index contributed by atoms with van der Waals surface area (Å²) in [6.45, 7) is 0.405. The average molecular weight is 297 g/mol. The van der Waals surface area contributed by atoms with E-state index >= 15 is 0 Å². The van der Waals surface area contributed by atoms with Gasteiger partial charge in [-0.1, -0.05) is 30.9 Å². The molecule has 110 valence electrons. The lowest BCUT2D eigenvalue weighted by molar-refractivity contribution is 0.232. The fraction of sp³-hybridized carbons (Fsp3) is 0.533. The van der Waals surface area contributed by atoms with Crippen LogP contribution in [0.5, 0.6) is 5.75 Å². The lowest BCUT2D eigenvalue weighted by Gasteiger charge is -2.23. The quantitative estimate of drug-likeness (QED) is 0.894. The Labute approximate surface area is 124 Å². The Balaban J connectivity index is 1.84. The molecule has 0 saturated heterocycles. The summed E-state index contributed by atoms with van der Waals surface area (Å²) in [5.41, 5.74) is 0.874. The van der Waals surface area contributed by atoms with Gasteiger partial charge in [0.05, 0.1) is 7.11 Å². The summed E-state index contributed by atoms with van der Waals surface area (Å²) in [6.07, 6.45) is 5.83. The van der Waals surface area contributed by atoms with Crippen molar-refractivity contribution in [3.05, 3.63) is 28.8 Å². The maximum absolute atomic E-state index is 11.9. The molecule has 1 aromatic rings. The van der Waals surface area contributed by atoms with Crippen LogP contribution in [0, 0.1) is 0 Å². The first-order valence-electron chi connectivity index (χ1n) is 7.06. The zero-order chi connectivity index (χ0) is 14.4. The summed E-state index contributed by atoms with van der Waals surface area (Å²) < 4.78 is 5.25. The van der Waals surface area contributed by atoms with Crippen LogP contribution in [0.25, 0.3) is 0 Å². The van der Waals surface area contributed by atoms with Gasteiger partial charge in [-0.25, -0.2) is 4.79 Å². The number of methoxy groups -OCH3 is 1. The summed E-state index contributed by atoms with van der Waals surface area (Å²) in [6, 6.07) is 5.56. The fourth-order valence-corrected chi connectivity index (χ4v) is 2.74. The predicted molar refractivity (Wildman–Crippen MR) is 80.2 cm³/mol. The molecule has 0 unspecified atom stereocenters. The number of halogens is 1. The van der Waals surface area contributed by atoms with E-state index in [-0.39, 0.29) is 6.03 Å². The summed E-state index contributed by atoms with van der Waals surface area (Å²) in [5.74, 6) is 0.729. The molecule has 1 aliphatic rings. The van der Waals surface area contributed by atoms with Crippen molar-refractivity contribution in [3.8, 4) is 5.75 Å². The molecule has 0 radical (unpaired) electrons. The molecule has 1 aliphatic carbocycles. The van der Waals surface area contributed by atoms with E-state index in [9.17, 15) is 4.79 Å². The Morgan fingerprint density at radius 1 is 1.35 bits per heavy atom. The molecular formula is C15H21ClN2O2. The van der Waals surface area contributed by atoms with Crippen LogP contribution in [0.4, 0.5) is 4.79 Å². The second-order valence-corrected chi connectivity index (χ2v) is 5.55. The van der Waals surface area contributed by atoms with Crippen molar-refractivity contribution in [2.45, 2.75) is 44.7 Å². The molecule has 20 heavy (non-hydrogen) atoms. The molecule has 1 saturated carbocycles. The second kappa shape index (κ2) is 7.39. The Morgan fingerprint density at radius 3 is 2.80 bits per heavy atom. The zero-order valence-electron chi connectivity index (χ0n) is 11.7. The number of amides is 2. The number of rotatable bonds is 4. The van der Waals surface area contributed by atoms with E-state index in [0.717, 1.165) is 24.2 Å². The van der Waals surface area contributed by atoms with Crippen LogP contribution in [-0.4, -0.2) is 19.2 Å². The molecule has 1 fully saturated rings. The van der Waals surface area contributed by atoms with Crippen molar-refractivity contribution in [1.82, 2.24) is 10.6 Å². The zero-order valence-corrected chi connectivity index (χ0v) is 12.5. The van der Waals surface area contributed by atoms with Crippen molar-refractivity contribution in [2.75, 3.05) is 7.11 Å². The number of carbonyl (C=O) groups excluding carboxylic acids is 1. The van der Waals surface area contributed by atoms with Gasteiger partial charge < -0.3 is 15.4 Å². The molecular weight excluding hydrogens is 276 g/mol. The van der Waals surface area contributed by atoms with Crippen molar-refractivity contribution >= 4 is 17.6 Å². The minimum atomic E-state index is -0.126. The van der Waals surface area contributed by atoms with E-state index in [1.807, 2.05) is 0 Å². The molecule has 4 nitrogen and oxygen atoms in total. The molecule has 0 spiro atoms. The first-order valence-corrected chi connectivity index (χ1v) is 7.43. The maximum atomic E-state index is 11.9. The largest absolute Gasteiger partial charge is 0.496 e. The van der Waals surface area contributed by atoms with Crippen molar-refractivity contribution in [1.29, 1.82) is 0 Å². The standard InChI is InChI=1S/C15H21ClN2O2/c1-20-14-8-7-12(16)9-11(14)10-17-15(19)18-13-5-3-2-4-6-13/h7-9,13H,2-6,10H2,1H3,(H2,17,18,19). The third-order valence-corrected chi connectivity index (χ3v) is 3.86. The van der Waals surface area contributed by atoms with Crippen LogP contribution in [0.2, 0.25) is 5.02 Å². The van der Waals surface area contributed by atoms with E-state index in [2.05, 4.69) is 10.6 Å². The van der Waals surface area contributed by atoms with Crippen molar-refractivity contribution in [2.24, 2.45) is 0 Å². The van der Waals surface area contributed by atoms with Gasteiger partial charge in [-0.15, -0.1) is 0 Å². The first-order chi connectivity index (χ1) is 9.69. The van der Waals surface area contributed by atoms with Gasteiger partial charge in [0.15, 0.2) is 0 Å². The SMILES string of the molecule is COc1ccc(Cl)cc1CNC(=O)NC1CCCCC1. The number of ether oxygens (including phenoxy) is 1. The number of carbonyl (C=O) groups is 1. The number of hydrogen-bond acceptors (Lipinski definition) is 2. The normalized spacial score (nSPS) is 15.7. The van der Waals surface area contributed by atoms with Gasteiger partial charge in [-0.05, 0) is 31.0 Å². The van der Waals surface area contributed by atoms with Crippen molar-refractivity contribution in [3.63, 3.8) is 0 Å². The highest BCUT2D eigenvalue weighted by atomic mass is 35.5. The first kappa shape index (κ1) is 15.0. The summed E-state index contributed by atoms with van der Waals surface area (Å²) in [4.78, 5) is 11.9. The molecule has 0 aliphatic heterocycles. The highest BCUT2D eigenvalue weighted by Gasteiger charge is 2.15. The molecule has 1 aromatic carbocycles. The Bertz CT molecular complexity index is 459.